The summed E-state index contributed by atoms with van der Waals surface area (Å²) >= 11 is 1.16. The summed E-state index contributed by atoms with van der Waals surface area (Å²) in [6.45, 7) is 1.90. The van der Waals surface area contributed by atoms with Crippen LogP contribution in [0.1, 0.15) is 18.6 Å². The molecule has 2 heterocycles. The van der Waals surface area contributed by atoms with Crippen molar-refractivity contribution in [2.24, 2.45) is 0 Å². The second kappa shape index (κ2) is 7.51. The molecule has 0 aliphatic carbocycles. The molecule has 4 aromatic rings. The van der Waals surface area contributed by atoms with Crippen molar-refractivity contribution < 1.29 is 13.3 Å². The number of thioether (sulfide) groups is 1. The number of rotatable bonds is 5. The van der Waals surface area contributed by atoms with Crippen LogP contribution in [0.25, 0.3) is 16.6 Å². The molecular weight excluding hydrogens is 386 g/mol. The zero-order valence-corrected chi connectivity index (χ0v) is 15.5. The van der Waals surface area contributed by atoms with Crippen molar-refractivity contribution in [1.29, 1.82) is 0 Å². The minimum Gasteiger partial charge on any atom is -0.338 e. The van der Waals surface area contributed by atoms with Gasteiger partial charge in [0.1, 0.15) is 11.6 Å². The van der Waals surface area contributed by atoms with Crippen LogP contribution in [0.5, 0.6) is 0 Å². The molecule has 28 heavy (non-hydrogen) atoms. The molecule has 6 nitrogen and oxygen atoms in total. The molecule has 0 fully saturated rings. The van der Waals surface area contributed by atoms with Crippen molar-refractivity contribution in [3.8, 4) is 5.69 Å². The summed E-state index contributed by atoms with van der Waals surface area (Å²) in [5.74, 6) is -0.387. The molecular formula is C19H14F2N4O2S. The van der Waals surface area contributed by atoms with E-state index in [1.165, 1.54) is 6.07 Å². The fraction of sp³-hybridized carbons (Fsp3) is 0.158. The maximum Gasteiger partial charge on any atom is 0.266 e. The monoisotopic (exact) mass is 400 g/mol. The van der Waals surface area contributed by atoms with E-state index in [0.717, 1.165) is 28.5 Å². The summed E-state index contributed by atoms with van der Waals surface area (Å²) < 4.78 is 34.1. The molecule has 0 saturated carbocycles. The first-order valence-corrected chi connectivity index (χ1v) is 9.47. The van der Waals surface area contributed by atoms with Crippen LogP contribution in [-0.4, -0.2) is 19.7 Å². The van der Waals surface area contributed by atoms with Crippen LogP contribution in [0.3, 0.4) is 0 Å². The van der Waals surface area contributed by atoms with Crippen molar-refractivity contribution >= 4 is 22.7 Å². The molecule has 142 valence electrons. The Kier molecular flexibility index (Phi) is 4.91. The predicted octanol–water partition coefficient (Wildman–Crippen LogP) is 3.90. The normalized spacial score (nSPS) is 11.2. The molecule has 0 atom stereocenters. The molecule has 0 aliphatic heterocycles. The highest BCUT2D eigenvalue weighted by Crippen LogP contribution is 2.25. The van der Waals surface area contributed by atoms with Gasteiger partial charge in [-0.3, -0.25) is 9.36 Å². The van der Waals surface area contributed by atoms with Crippen molar-refractivity contribution in [1.82, 2.24) is 19.7 Å². The second-order valence-electron chi connectivity index (χ2n) is 5.89. The van der Waals surface area contributed by atoms with Gasteiger partial charge in [0.2, 0.25) is 5.89 Å². The first kappa shape index (κ1) is 18.3. The molecule has 2 aromatic carbocycles. The van der Waals surface area contributed by atoms with Crippen LogP contribution < -0.4 is 5.56 Å². The van der Waals surface area contributed by atoms with E-state index in [9.17, 15) is 13.6 Å². The average Bonchev–Trinajstić information content (AvgIpc) is 3.16. The Bertz CT molecular complexity index is 1220. The molecule has 4 rings (SSSR count). The van der Waals surface area contributed by atoms with Crippen LogP contribution in [0, 0.1) is 11.6 Å². The van der Waals surface area contributed by atoms with Crippen LogP contribution in [0.2, 0.25) is 0 Å². The van der Waals surface area contributed by atoms with Gasteiger partial charge in [0.15, 0.2) is 11.0 Å². The van der Waals surface area contributed by atoms with Gasteiger partial charge < -0.3 is 4.52 Å². The van der Waals surface area contributed by atoms with Crippen molar-refractivity contribution in [2.45, 2.75) is 24.3 Å². The summed E-state index contributed by atoms with van der Waals surface area (Å²) in [4.78, 5) is 21.8. The third kappa shape index (κ3) is 3.40. The predicted molar refractivity (Wildman–Crippen MR) is 100 cm³/mol. The number of hydrogen-bond acceptors (Lipinski definition) is 6. The molecule has 0 N–H and O–H groups in total. The first-order valence-electron chi connectivity index (χ1n) is 8.48. The zero-order chi connectivity index (χ0) is 19.7. The van der Waals surface area contributed by atoms with E-state index >= 15 is 0 Å². The number of hydrogen-bond donors (Lipinski definition) is 0. The summed E-state index contributed by atoms with van der Waals surface area (Å²) in [6, 6.07) is 9.83. The summed E-state index contributed by atoms with van der Waals surface area (Å²) in [5.41, 5.74) is -0.0427. The highest BCUT2D eigenvalue weighted by molar-refractivity contribution is 7.98. The van der Waals surface area contributed by atoms with Crippen molar-refractivity contribution in [3.63, 3.8) is 0 Å². The van der Waals surface area contributed by atoms with Gasteiger partial charge in [0, 0.05) is 12.5 Å². The Morgan fingerprint density at radius 3 is 2.71 bits per heavy atom. The number of para-hydroxylation sites is 1. The van der Waals surface area contributed by atoms with Gasteiger partial charge in [0.05, 0.1) is 22.3 Å². The number of benzene rings is 2. The van der Waals surface area contributed by atoms with Crippen LogP contribution in [0.4, 0.5) is 8.78 Å². The molecule has 0 bridgehead atoms. The second-order valence-corrected chi connectivity index (χ2v) is 6.84. The Balaban J connectivity index is 1.84. The molecule has 9 heteroatoms. The maximum atomic E-state index is 14.4. The lowest BCUT2D eigenvalue weighted by molar-refractivity contribution is 0.385. The highest BCUT2D eigenvalue weighted by atomic mass is 32.2. The number of aryl methyl sites for hydroxylation is 1. The molecule has 0 amide bonds. The molecule has 0 spiro atoms. The highest BCUT2D eigenvalue weighted by Gasteiger charge is 2.17. The summed E-state index contributed by atoms with van der Waals surface area (Å²) in [7, 11) is 0. The number of fused-ring (bicyclic) bond motifs is 1. The molecule has 0 radical (unpaired) electrons. The molecule has 0 aliphatic rings. The zero-order valence-electron chi connectivity index (χ0n) is 14.7. The van der Waals surface area contributed by atoms with Gasteiger partial charge in [-0.2, -0.15) is 4.98 Å². The lowest BCUT2D eigenvalue weighted by Gasteiger charge is -2.13. The standard InChI is InChI=1S/C19H14F2N4O2S/c1-2-16-23-17(27-24-16)10-28-19-22-14-6-4-3-5-12(14)18(26)25(19)15-8-7-11(20)9-13(15)21/h3-9H,2,10H2,1H3. The minimum atomic E-state index is -0.855. The maximum absolute atomic E-state index is 14.4. The van der Waals surface area contributed by atoms with E-state index < -0.39 is 17.2 Å². The first-order chi connectivity index (χ1) is 13.6. The van der Waals surface area contributed by atoms with Gasteiger partial charge in [-0.15, -0.1) is 0 Å². The lowest BCUT2D eigenvalue weighted by Crippen LogP contribution is -2.22. The smallest absolute Gasteiger partial charge is 0.266 e. The molecule has 0 saturated heterocycles. The van der Waals surface area contributed by atoms with Gasteiger partial charge in [0.25, 0.3) is 5.56 Å². The van der Waals surface area contributed by atoms with Crippen LogP contribution >= 0.6 is 11.8 Å². The van der Waals surface area contributed by atoms with E-state index in [4.69, 9.17) is 4.52 Å². The van der Waals surface area contributed by atoms with Crippen molar-refractivity contribution in [2.75, 3.05) is 0 Å². The van der Waals surface area contributed by atoms with Gasteiger partial charge in [-0.1, -0.05) is 36.0 Å². The van der Waals surface area contributed by atoms with Crippen LogP contribution in [0.15, 0.2) is 56.9 Å². The van der Waals surface area contributed by atoms with Crippen molar-refractivity contribution in [3.05, 3.63) is 76.2 Å². The quantitative estimate of drug-likeness (QED) is 0.374. The van der Waals surface area contributed by atoms with E-state index in [2.05, 4.69) is 15.1 Å². The third-order valence-corrected chi connectivity index (χ3v) is 4.97. The van der Waals surface area contributed by atoms with E-state index in [-0.39, 0.29) is 16.6 Å². The minimum absolute atomic E-state index is 0.0769. The Hall–Kier alpha value is -3.07. The Morgan fingerprint density at radius 1 is 1.14 bits per heavy atom. The Morgan fingerprint density at radius 2 is 1.96 bits per heavy atom. The molecule has 2 aromatic heterocycles. The lowest BCUT2D eigenvalue weighted by atomic mass is 10.2. The van der Waals surface area contributed by atoms with E-state index in [0.29, 0.717) is 29.0 Å². The van der Waals surface area contributed by atoms with Crippen LogP contribution in [-0.2, 0) is 12.2 Å². The third-order valence-electron chi connectivity index (χ3n) is 4.05. The van der Waals surface area contributed by atoms with Gasteiger partial charge in [-0.25, -0.2) is 13.8 Å². The van der Waals surface area contributed by atoms with Gasteiger partial charge in [-0.05, 0) is 24.3 Å². The van der Waals surface area contributed by atoms with E-state index in [1.54, 1.807) is 24.3 Å². The largest absolute Gasteiger partial charge is 0.338 e. The summed E-state index contributed by atoms with van der Waals surface area (Å²) in [6.07, 6.45) is 0.633. The number of nitrogens with zero attached hydrogens (tertiary/aromatic N) is 4. The fourth-order valence-corrected chi connectivity index (χ4v) is 3.55. The topological polar surface area (TPSA) is 73.8 Å². The van der Waals surface area contributed by atoms with Gasteiger partial charge >= 0.3 is 0 Å². The number of halogens is 2. The molecule has 0 unspecified atom stereocenters. The fourth-order valence-electron chi connectivity index (χ4n) is 2.70. The average molecular weight is 400 g/mol. The summed E-state index contributed by atoms with van der Waals surface area (Å²) in [5, 5.41) is 4.40. The number of aromatic nitrogens is 4. The Labute approximate surface area is 162 Å². The van der Waals surface area contributed by atoms with E-state index in [1.807, 2.05) is 6.92 Å². The SMILES string of the molecule is CCc1noc(CSc2nc3ccccc3c(=O)n2-c2ccc(F)cc2F)n1.